The Bertz CT molecular complexity index is 400. The van der Waals surface area contributed by atoms with E-state index in [4.69, 9.17) is 0 Å². The fraction of sp³-hybridized carbons (Fsp3) is 0.727. The molecule has 6 heteroatoms. The van der Waals surface area contributed by atoms with Gasteiger partial charge in [0.15, 0.2) is 11.0 Å². The molecule has 2 atom stereocenters. The molecule has 0 spiro atoms. The van der Waals surface area contributed by atoms with Gasteiger partial charge in [-0.15, -0.1) is 0 Å². The monoisotopic (exact) mass is 253 g/mol. The number of hydrogen-bond donors (Lipinski definition) is 1. The maximum Gasteiger partial charge on any atom is 0.156 e. The van der Waals surface area contributed by atoms with Crippen molar-refractivity contribution in [3.8, 4) is 0 Å². The normalized spacial score (nSPS) is 27.1. The Kier molecular flexibility index (Phi) is 4.04. The highest BCUT2D eigenvalue weighted by molar-refractivity contribution is 8.13. The molecule has 0 bridgehead atoms. The number of thioether (sulfide) groups is 1. The lowest BCUT2D eigenvalue weighted by atomic mass is 10.1. The van der Waals surface area contributed by atoms with Crippen molar-refractivity contribution in [2.75, 3.05) is 12.3 Å². The molecule has 1 N–H and O–H groups in total. The van der Waals surface area contributed by atoms with Crippen LogP contribution in [-0.4, -0.2) is 38.3 Å². The van der Waals surface area contributed by atoms with Crippen molar-refractivity contribution in [3.63, 3.8) is 0 Å². The molecule has 1 aliphatic heterocycles. The van der Waals surface area contributed by atoms with Gasteiger partial charge in [0.25, 0.3) is 0 Å². The van der Waals surface area contributed by atoms with Gasteiger partial charge in [-0.1, -0.05) is 18.7 Å². The second-order valence-electron chi connectivity index (χ2n) is 4.49. The van der Waals surface area contributed by atoms with Gasteiger partial charge in [0.05, 0.1) is 0 Å². The van der Waals surface area contributed by atoms with Crippen LogP contribution in [0.3, 0.4) is 0 Å². The molecule has 94 valence electrons. The van der Waals surface area contributed by atoms with E-state index < -0.39 is 0 Å². The second kappa shape index (κ2) is 5.53. The van der Waals surface area contributed by atoms with Gasteiger partial charge < -0.3 is 5.32 Å². The summed E-state index contributed by atoms with van der Waals surface area (Å²) in [6, 6.07) is 0.517. The van der Waals surface area contributed by atoms with Crippen LogP contribution >= 0.6 is 11.8 Å². The van der Waals surface area contributed by atoms with Gasteiger partial charge in [-0.2, -0.15) is 5.10 Å². The molecular formula is C11H19N5S. The molecule has 1 aromatic rings. The maximum absolute atomic E-state index is 4.55. The van der Waals surface area contributed by atoms with Gasteiger partial charge in [0.2, 0.25) is 0 Å². The molecule has 2 unspecified atom stereocenters. The Morgan fingerprint density at radius 1 is 1.59 bits per heavy atom. The quantitative estimate of drug-likeness (QED) is 0.875. The predicted octanol–water partition coefficient (Wildman–Crippen LogP) is 1.07. The highest BCUT2D eigenvalue weighted by Gasteiger charge is 2.20. The molecule has 1 fully saturated rings. The van der Waals surface area contributed by atoms with E-state index in [0.29, 0.717) is 12.0 Å². The van der Waals surface area contributed by atoms with Crippen molar-refractivity contribution in [1.29, 1.82) is 0 Å². The number of aromatic nitrogens is 3. The third-order valence-electron chi connectivity index (χ3n) is 2.93. The van der Waals surface area contributed by atoms with Crippen molar-refractivity contribution in [3.05, 3.63) is 12.2 Å². The summed E-state index contributed by atoms with van der Waals surface area (Å²) in [4.78, 5) is 8.73. The first-order chi connectivity index (χ1) is 8.15. The number of nitrogens with one attached hydrogen (secondary N) is 1. The number of nitrogens with zero attached hydrogens (tertiary/aromatic N) is 4. The molecule has 0 aromatic carbocycles. The molecule has 2 rings (SSSR count). The number of rotatable bonds is 3. The Morgan fingerprint density at radius 2 is 2.41 bits per heavy atom. The second-order valence-corrected chi connectivity index (χ2v) is 5.50. The molecule has 0 amide bonds. The molecule has 5 nitrogen and oxygen atoms in total. The summed E-state index contributed by atoms with van der Waals surface area (Å²) in [7, 11) is 1.88. The third-order valence-corrected chi connectivity index (χ3v) is 4.14. The van der Waals surface area contributed by atoms with Crippen LogP contribution < -0.4 is 5.32 Å². The van der Waals surface area contributed by atoms with E-state index in [1.54, 1.807) is 11.0 Å². The molecule has 0 saturated carbocycles. The summed E-state index contributed by atoms with van der Waals surface area (Å²) in [6.45, 7) is 5.22. The van der Waals surface area contributed by atoms with E-state index in [-0.39, 0.29) is 0 Å². The smallest absolute Gasteiger partial charge is 0.156 e. The Balaban J connectivity index is 1.81. The first-order valence-electron chi connectivity index (χ1n) is 5.93. The van der Waals surface area contributed by atoms with Crippen molar-refractivity contribution in [2.24, 2.45) is 18.0 Å². The minimum atomic E-state index is 0.517. The Labute approximate surface area is 106 Å². The molecule has 2 heterocycles. The molecule has 1 aliphatic rings. The zero-order chi connectivity index (χ0) is 12.3. The van der Waals surface area contributed by atoms with Gasteiger partial charge in [-0.25, -0.2) is 4.98 Å². The van der Waals surface area contributed by atoms with Crippen molar-refractivity contribution >= 4 is 16.9 Å². The van der Waals surface area contributed by atoms with E-state index in [2.05, 4.69) is 34.2 Å². The van der Waals surface area contributed by atoms with Crippen molar-refractivity contribution in [1.82, 2.24) is 20.1 Å². The van der Waals surface area contributed by atoms with Crippen LogP contribution in [0, 0.1) is 5.92 Å². The fourth-order valence-corrected chi connectivity index (χ4v) is 2.74. The summed E-state index contributed by atoms with van der Waals surface area (Å²) < 4.78 is 1.72. The Hall–Kier alpha value is -1.04. The van der Waals surface area contributed by atoms with E-state index in [0.717, 1.165) is 29.7 Å². The lowest BCUT2D eigenvalue weighted by Crippen LogP contribution is -2.41. The average Bonchev–Trinajstić information content (AvgIpc) is 2.70. The molecule has 1 aromatic heterocycles. The van der Waals surface area contributed by atoms with Gasteiger partial charge in [0, 0.05) is 31.8 Å². The summed E-state index contributed by atoms with van der Waals surface area (Å²) >= 11 is 1.81. The van der Waals surface area contributed by atoms with Gasteiger partial charge in [-0.3, -0.25) is 9.67 Å². The lowest BCUT2D eigenvalue weighted by molar-refractivity contribution is 0.490. The SMILES string of the molecule is CC1CSC(=NCCc2ncn(C)n2)NC1C. The molecular weight excluding hydrogens is 234 g/mol. The van der Waals surface area contributed by atoms with Gasteiger partial charge in [-0.05, 0) is 12.8 Å². The molecule has 17 heavy (non-hydrogen) atoms. The minimum absolute atomic E-state index is 0.517. The summed E-state index contributed by atoms with van der Waals surface area (Å²) in [5.41, 5.74) is 0. The number of aryl methyl sites for hydroxylation is 1. The van der Waals surface area contributed by atoms with Crippen LogP contribution in [0.15, 0.2) is 11.3 Å². The Morgan fingerprint density at radius 3 is 3.06 bits per heavy atom. The van der Waals surface area contributed by atoms with Crippen LogP contribution in [0.2, 0.25) is 0 Å². The zero-order valence-electron chi connectivity index (χ0n) is 10.6. The predicted molar refractivity (Wildman–Crippen MR) is 71.2 cm³/mol. The van der Waals surface area contributed by atoms with Crippen LogP contribution in [0.4, 0.5) is 0 Å². The molecule has 0 aliphatic carbocycles. The average molecular weight is 253 g/mol. The molecule has 1 saturated heterocycles. The first kappa shape index (κ1) is 12.4. The van der Waals surface area contributed by atoms with E-state index in [1.807, 2.05) is 18.8 Å². The number of amidine groups is 1. The van der Waals surface area contributed by atoms with Gasteiger partial charge in [0.1, 0.15) is 6.33 Å². The maximum atomic E-state index is 4.55. The summed E-state index contributed by atoms with van der Waals surface area (Å²) in [6.07, 6.45) is 2.52. The topological polar surface area (TPSA) is 55.1 Å². The van der Waals surface area contributed by atoms with Crippen LogP contribution in [-0.2, 0) is 13.5 Å². The van der Waals surface area contributed by atoms with E-state index in [1.165, 1.54) is 0 Å². The van der Waals surface area contributed by atoms with Crippen molar-refractivity contribution in [2.45, 2.75) is 26.3 Å². The van der Waals surface area contributed by atoms with E-state index in [9.17, 15) is 0 Å². The molecule has 0 radical (unpaired) electrons. The fourth-order valence-electron chi connectivity index (χ4n) is 1.58. The van der Waals surface area contributed by atoms with Crippen molar-refractivity contribution < 1.29 is 0 Å². The van der Waals surface area contributed by atoms with Crippen LogP contribution in [0.25, 0.3) is 0 Å². The van der Waals surface area contributed by atoms with Crippen LogP contribution in [0.1, 0.15) is 19.7 Å². The highest BCUT2D eigenvalue weighted by Crippen LogP contribution is 2.19. The zero-order valence-corrected chi connectivity index (χ0v) is 11.4. The largest absolute Gasteiger partial charge is 0.362 e. The third kappa shape index (κ3) is 3.46. The van der Waals surface area contributed by atoms with E-state index >= 15 is 0 Å². The van der Waals surface area contributed by atoms with Gasteiger partial charge >= 0.3 is 0 Å². The summed E-state index contributed by atoms with van der Waals surface area (Å²) in [5.74, 6) is 2.71. The minimum Gasteiger partial charge on any atom is -0.362 e. The number of aliphatic imine (C=N–C) groups is 1. The lowest BCUT2D eigenvalue weighted by Gasteiger charge is -2.28. The standard InChI is InChI=1S/C11H19N5S/c1-8-6-17-11(14-9(8)2)12-5-4-10-13-7-16(3)15-10/h7-9H,4-6H2,1-3H3,(H,12,14). The number of hydrogen-bond acceptors (Lipinski definition) is 4. The first-order valence-corrected chi connectivity index (χ1v) is 6.92. The highest BCUT2D eigenvalue weighted by atomic mass is 32.2. The van der Waals surface area contributed by atoms with Crippen LogP contribution in [0.5, 0.6) is 0 Å². The summed E-state index contributed by atoms with van der Waals surface area (Å²) in [5, 5.41) is 8.72.